The molecule has 1 fully saturated rings. The van der Waals surface area contributed by atoms with Crippen LogP contribution in [0.3, 0.4) is 0 Å². The van der Waals surface area contributed by atoms with E-state index in [-0.39, 0.29) is 11.9 Å². The number of hydrogen-bond acceptors (Lipinski definition) is 1. The van der Waals surface area contributed by atoms with Crippen LogP contribution in [0.25, 0.3) is 6.08 Å². The zero-order chi connectivity index (χ0) is 9.97. The van der Waals surface area contributed by atoms with Crippen LogP contribution in [-0.2, 0) is 4.79 Å². The van der Waals surface area contributed by atoms with Gasteiger partial charge in [0.2, 0.25) is 5.91 Å². The van der Waals surface area contributed by atoms with E-state index in [4.69, 9.17) is 0 Å². The second-order valence-electron chi connectivity index (χ2n) is 3.66. The largest absolute Gasteiger partial charge is 0.350 e. The lowest BCUT2D eigenvalue weighted by atomic mass is 10.1. The lowest BCUT2D eigenvalue weighted by Gasteiger charge is -1.95. The Morgan fingerprint density at radius 1 is 1.36 bits per heavy atom. The molecule has 2 nitrogen and oxygen atoms in total. The summed E-state index contributed by atoms with van der Waals surface area (Å²) in [6.07, 6.45) is 2.78. The average Bonchev–Trinajstić information content (AvgIpc) is 2.47. The van der Waals surface area contributed by atoms with Gasteiger partial charge in [0, 0.05) is 11.6 Å². The molecule has 1 saturated heterocycles. The van der Waals surface area contributed by atoms with Crippen LogP contribution in [-0.4, -0.2) is 11.9 Å². The molecule has 0 saturated carbocycles. The molecule has 1 aromatic rings. The zero-order valence-corrected chi connectivity index (χ0v) is 8.16. The quantitative estimate of drug-likeness (QED) is 0.669. The number of carbonyl (C=O) groups excluding carboxylic acids is 1. The molecule has 0 aromatic heterocycles. The van der Waals surface area contributed by atoms with Gasteiger partial charge in [-0.1, -0.05) is 30.3 Å². The maximum absolute atomic E-state index is 11.4. The third kappa shape index (κ3) is 1.84. The van der Waals surface area contributed by atoms with Crippen LogP contribution in [0.4, 0.5) is 0 Å². The second kappa shape index (κ2) is 3.66. The van der Waals surface area contributed by atoms with Gasteiger partial charge in [0.25, 0.3) is 0 Å². The SMILES string of the molecule is CC1C/C(=C\c2ccccc2)C(=O)N1. The molecule has 2 heteroatoms. The van der Waals surface area contributed by atoms with E-state index in [0.717, 1.165) is 17.6 Å². The minimum Gasteiger partial charge on any atom is -0.350 e. The molecule has 72 valence electrons. The Bertz CT molecular complexity index is 367. The van der Waals surface area contributed by atoms with Crippen molar-refractivity contribution in [3.63, 3.8) is 0 Å². The Balaban J connectivity index is 2.23. The molecule has 0 spiro atoms. The minimum atomic E-state index is 0.0707. The predicted molar refractivity (Wildman–Crippen MR) is 56.6 cm³/mol. The van der Waals surface area contributed by atoms with Gasteiger partial charge in [-0.05, 0) is 25.0 Å². The van der Waals surface area contributed by atoms with Gasteiger partial charge in [0.15, 0.2) is 0 Å². The van der Waals surface area contributed by atoms with Crippen LogP contribution in [0, 0.1) is 0 Å². The van der Waals surface area contributed by atoms with Gasteiger partial charge < -0.3 is 5.32 Å². The maximum Gasteiger partial charge on any atom is 0.247 e. The summed E-state index contributed by atoms with van der Waals surface area (Å²) in [5.74, 6) is 0.0707. The minimum absolute atomic E-state index is 0.0707. The highest BCUT2D eigenvalue weighted by atomic mass is 16.2. The molecule has 1 amide bonds. The fraction of sp³-hybridized carbons (Fsp3) is 0.250. The van der Waals surface area contributed by atoms with Gasteiger partial charge in [-0.2, -0.15) is 0 Å². The van der Waals surface area contributed by atoms with Crippen molar-refractivity contribution in [1.82, 2.24) is 5.32 Å². The van der Waals surface area contributed by atoms with E-state index in [1.807, 2.05) is 43.3 Å². The van der Waals surface area contributed by atoms with Crippen LogP contribution >= 0.6 is 0 Å². The summed E-state index contributed by atoms with van der Waals surface area (Å²) in [5, 5.41) is 2.88. The molecular weight excluding hydrogens is 174 g/mol. The Labute approximate surface area is 83.6 Å². The Hall–Kier alpha value is -1.57. The topological polar surface area (TPSA) is 29.1 Å². The molecule has 1 N–H and O–H groups in total. The van der Waals surface area contributed by atoms with Crippen molar-refractivity contribution in [3.8, 4) is 0 Å². The van der Waals surface area contributed by atoms with Crippen molar-refractivity contribution in [2.75, 3.05) is 0 Å². The molecule has 0 radical (unpaired) electrons. The normalized spacial score (nSPS) is 23.9. The van der Waals surface area contributed by atoms with E-state index in [9.17, 15) is 4.79 Å². The van der Waals surface area contributed by atoms with Crippen LogP contribution in [0.15, 0.2) is 35.9 Å². The molecule has 2 rings (SSSR count). The van der Waals surface area contributed by atoms with E-state index in [2.05, 4.69) is 5.32 Å². The van der Waals surface area contributed by atoms with E-state index in [0.29, 0.717) is 0 Å². The van der Waals surface area contributed by atoms with E-state index >= 15 is 0 Å². The first-order valence-electron chi connectivity index (χ1n) is 4.82. The molecule has 14 heavy (non-hydrogen) atoms. The molecule has 1 aromatic carbocycles. The summed E-state index contributed by atoms with van der Waals surface area (Å²) in [6, 6.07) is 10.2. The zero-order valence-electron chi connectivity index (χ0n) is 8.16. The lowest BCUT2D eigenvalue weighted by Crippen LogP contribution is -2.21. The fourth-order valence-electron chi connectivity index (χ4n) is 1.67. The van der Waals surface area contributed by atoms with Crippen molar-refractivity contribution in [2.45, 2.75) is 19.4 Å². The van der Waals surface area contributed by atoms with Crippen molar-refractivity contribution in [1.29, 1.82) is 0 Å². The van der Waals surface area contributed by atoms with Gasteiger partial charge in [0.1, 0.15) is 0 Å². The molecule has 1 atom stereocenters. The number of carbonyl (C=O) groups is 1. The van der Waals surface area contributed by atoms with Gasteiger partial charge in [-0.25, -0.2) is 0 Å². The van der Waals surface area contributed by atoms with E-state index < -0.39 is 0 Å². The van der Waals surface area contributed by atoms with Crippen molar-refractivity contribution < 1.29 is 4.79 Å². The summed E-state index contributed by atoms with van der Waals surface area (Å²) in [6.45, 7) is 2.02. The smallest absolute Gasteiger partial charge is 0.247 e. The first-order chi connectivity index (χ1) is 6.75. The average molecular weight is 187 g/mol. The maximum atomic E-state index is 11.4. The van der Waals surface area contributed by atoms with Crippen LogP contribution in [0.5, 0.6) is 0 Å². The van der Waals surface area contributed by atoms with Crippen LogP contribution < -0.4 is 5.32 Å². The molecule has 0 aliphatic carbocycles. The molecular formula is C12H13NO. The van der Waals surface area contributed by atoms with Crippen molar-refractivity contribution >= 4 is 12.0 Å². The summed E-state index contributed by atoms with van der Waals surface area (Å²) in [5.41, 5.74) is 1.97. The van der Waals surface area contributed by atoms with Gasteiger partial charge in [0.05, 0.1) is 0 Å². The predicted octanol–water partition coefficient (Wildman–Crippen LogP) is 1.98. The van der Waals surface area contributed by atoms with Crippen molar-refractivity contribution in [2.24, 2.45) is 0 Å². The lowest BCUT2D eigenvalue weighted by molar-refractivity contribution is -0.116. The summed E-state index contributed by atoms with van der Waals surface area (Å²) in [7, 11) is 0. The molecule has 1 aliphatic rings. The number of hydrogen-bond donors (Lipinski definition) is 1. The number of rotatable bonds is 1. The van der Waals surface area contributed by atoms with E-state index in [1.54, 1.807) is 0 Å². The number of amides is 1. The fourth-order valence-corrected chi connectivity index (χ4v) is 1.67. The van der Waals surface area contributed by atoms with Gasteiger partial charge >= 0.3 is 0 Å². The highest BCUT2D eigenvalue weighted by Gasteiger charge is 2.22. The summed E-state index contributed by atoms with van der Waals surface area (Å²) >= 11 is 0. The Morgan fingerprint density at radius 3 is 2.64 bits per heavy atom. The van der Waals surface area contributed by atoms with E-state index in [1.165, 1.54) is 0 Å². The van der Waals surface area contributed by atoms with Crippen molar-refractivity contribution in [3.05, 3.63) is 41.5 Å². The van der Waals surface area contributed by atoms with Gasteiger partial charge in [-0.3, -0.25) is 4.79 Å². The standard InChI is InChI=1S/C12H13NO/c1-9-7-11(12(14)13-9)8-10-5-3-2-4-6-10/h2-6,8-9H,7H2,1H3,(H,13,14)/b11-8+. The monoisotopic (exact) mass is 187 g/mol. The third-order valence-electron chi connectivity index (χ3n) is 2.34. The number of benzene rings is 1. The summed E-state index contributed by atoms with van der Waals surface area (Å²) in [4.78, 5) is 11.4. The third-order valence-corrected chi connectivity index (χ3v) is 2.34. The molecule has 1 heterocycles. The first kappa shape index (κ1) is 9.00. The van der Waals surface area contributed by atoms with Crippen LogP contribution in [0.2, 0.25) is 0 Å². The number of nitrogens with one attached hydrogen (secondary N) is 1. The Kier molecular flexibility index (Phi) is 2.35. The molecule has 1 unspecified atom stereocenters. The first-order valence-corrected chi connectivity index (χ1v) is 4.82. The highest BCUT2D eigenvalue weighted by Crippen LogP contribution is 2.17. The highest BCUT2D eigenvalue weighted by molar-refractivity contribution is 6.00. The van der Waals surface area contributed by atoms with Gasteiger partial charge in [-0.15, -0.1) is 0 Å². The molecule has 1 aliphatic heterocycles. The molecule has 0 bridgehead atoms. The summed E-state index contributed by atoms with van der Waals surface area (Å²) < 4.78 is 0. The van der Waals surface area contributed by atoms with Crippen LogP contribution in [0.1, 0.15) is 18.9 Å². The Morgan fingerprint density at radius 2 is 2.07 bits per heavy atom. The second-order valence-corrected chi connectivity index (χ2v) is 3.66.